The molecule has 0 aromatic heterocycles. The minimum atomic E-state index is -0.601. The molecular formula is C28H23BN2O2. The molecule has 0 amide bonds. The maximum Gasteiger partial charge on any atom is 0.496 e. The molecule has 1 heterocycles. The summed E-state index contributed by atoms with van der Waals surface area (Å²) < 4.78 is 12.6. The van der Waals surface area contributed by atoms with Crippen molar-refractivity contribution in [2.45, 2.75) is 50.7 Å². The van der Waals surface area contributed by atoms with Crippen molar-refractivity contribution < 1.29 is 9.31 Å². The van der Waals surface area contributed by atoms with Gasteiger partial charge in [-0.3, -0.25) is 0 Å². The Hall–Kier alpha value is -3.38. The Kier molecular flexibility index (Phi) is 4.04. The second-order valence-corrected chi connectivity index (χ2v) is 10.2. The molecule has 2 unspecified atom stereocenters. The third-order valence-electron chi connectivity index (χ3n) is 7.96. The maximum atomic E-state index is 10.1. The van der Waals surface area contributed by atoms with E-state index in [2.05, 4.69) is 48.5 Å². The van der Waals surface area contributed by atoms with Crippen LogP contribution in [0.3, 0.4) is 0 Å². The summed E-state index contributed by atoms with van der Waals surface area (Å²) in [6, 6.07) is 23.4. The van der Waals surface area contributed by atoms with Crippen LogP contribution in [0.25, 0.3) is 0 Å². The van der Waals surface area contributed by atoms with E-state index in [-0.39, 0.29) is 11.8 Å². The number of nitrogens with zero attached hydrogens (tertiary/aromatic N) is 2. The first kappa shape index (κ1) is 20.2. The summed E-state index contributed by atoms with van der Waals surface area (Å²) in [4.78, 5) is 0. The van der Waals surface area contributed by atoms with Crippen LogP contribution in [-0.4, -0.2) is 18.3 Å². The molecule has 3 aromatic carbocycles. The van der Waals surface area contributed by atoms with Crippen LogP contribution >= 0.6 is 0 Å². The molecule has 7 rings (SSSR count). The van der Waals surface area contributed by atoms with E-state index in [9.17, 15) is 10.5 Å². The lowest BCUT2D eigenvalue weighted by atomic mass is 9.59. The fraction of sp³-hybridized carbons (Fsp3) is 0.286. The van der Waals surface area contributed by atoms with Crippen LogP contribution in [0.1, 0.15) is 84.0 Å². The molecule has 1 fully saturated rings. The van der Waals surface area contributed by atoms with Crippen LogP contribution < -0.4 is 5.46 Å². The third kappa shape index (κ3) is 2.64. The summed E-state index contributed by atoms with van der Waals surface area (Å²) in [7, 11) is -0.601. The minimum Gasteiger partial charge on any atom is -0.399 e. The third-order valence-corrected chi connectivity index (χ3v) is 7.96. The summed E-state index contributed by atoms with van der Waals surface area (Å²) in [5.74, 6) is 0.0572. The maximum absolute atomic E-state index is 10.1. The first-order valence-corrected chi connectivity index (χ1v) is 11.3. The summed E-state index contributed by atoms with van der Waals surface area (Å²) in [6.45, 7) is 8.09. The van der Waals surface area contributed by atoms with Crippen LogP contribution in [-0.2, 0) is 9.31 Å². The molecular weight excluding hydrogens is 407 g/mol. The predicted octanol–water partition coefficient (Wildman–Crippen LogP) is 4.72. The quantitative estimate of drug-likeness (QED) is 0.361. The number of hydrogen-bond donors (Lipinski definition) is 0. The van der Waals surface area contributed by atoms with E-state index >= 15 is 0 Å². The Labute approximate surface area is 194 Å². The average Bonchev–Trinajstić information content (AvgIpc) is 3.03. The van der Waals surface area contributed by atoms with E-state index in [1.54, 1.807) is 0 Å². The van der Waals surface area contributed by atoms with Gasteiger partial charge in [0.2, 0.25) is 0 Å². The smallest absolute Gasteiger partial charge is 0.399 e. The van der Waals surface area contributed by atoms with Gasteiger partial charge in [-0.2, -0.15) is 10.5 Å². The molecule has 1 saturated heterocycles. The van der Waals surface area contributed by atoms with Crippen LogP contribution in [0.4, 0.5) is 0 Å². The zero-order valence-corrected chi connectivity index (χ0v) is 19.1. The second kappa shape index (κ2) is 6.58. The van der Waals surface area contributed by atoms with Crippen molar-refractivity contribution in [3.8, 4) is 12.1 Å². The van der Waals surface area contributed by atoms with Crippen molar-refractivity contribution in [1.29, 1.82) is 10.5 Å². The number of rotatable bonds is 1. The Morgan fingerprint density at radius 1 is 0.697 bits per heavy atom. The molecule has 0 N–H and O–H groups in total. The van der Waals surface area contributed by atoms with E-state index < -0.39 is 18.3 Å². The number of benzene rings is 3. The second-order valence-electron chi connectivity index (χ2n) is 10.2. The van der Waals surface area contributed by atoms with Gasteiger partial charge in [-0.1, -0.05) is 36.4 Å². The molecule has 3 aromatic rings. The Bertz CT molecular complexity index is 1410. The summed E-state index contributed by atoms with van der Waals surface area (Å²) in [6.07, 6.45) is 0. The van der Waals surface area contributed by atoms with Gasteiger partial charge in [0.1, 0.15) is 0 Å². The summed E-state index contributed by atoms with van der Waals surface area (Å²) >= 11 is 0. The van der Waals surface area contributed by atoms with Gasteiger partial charge < -0.3 is 9.31 Å². The van der Waals surface area contributed by atoms with Gasteiger partial charge in [0, 0.05) is 17.3 Å². The molecule has 3 aliphatic carbocycles. The lowest BCUT2D eigenvalue weighted by molar-refractivity contribution is 0.00578. The Morgan fingerprint density at radius 3 is 1.85 bits per heavy atom. The molecule has 5 heteroatoms. The average molecular weight is 430 g/mol. The minimum absolute atomic E-state index is 0.0124. The highest BCUT2D eigenvalue weighted by Crippen LogP contribution is 2.55. The predicted molar refractivity (Wildman–Crippen MR) is 126 cm³/mol. The lowest BCUT2D eigenvalue weighted by Crippen LogP contribution is -2.41. The Balaban J connectivity index is 1.58. The standard InChI is InChI=1S/C28H23BN2O2/c1-27(2)28(3,4)33-29(32-27)24-13-23-22(12-17(24)15-31)25-18-7-5-6-8-19(18)26(23)21-11-16(14-30)9-10-20(21)25/h5-13,25-26H,1-4H3. The van der Waals surface area contributed by atoms with Crippen LogP contribution in [0, 0.1) is 22.7 Å². The molecule has 2 bridgehead atoms. The SMILES string of the molecule is CC1(C)OB(c2cc3c(cc2C#N)C2c4ccccc4C3c3cc(C#N)ccc32)OC1(C)C. The van der Waals surface area contributed by atoms with Crippen molar-refractivity contribution in [2.24, 2.45) is 0 Å². The van der Waals surface area contributed by atoms with Crippen LogP contribution in [0.15, 0.2) is 54.6 Å². The van der Waals surface area contributed by atoms with Gasteiger partial charge in [0.15, 0.2) is 0 Å². The molecule has 160 valence electrons. The van der Waals surface area contributed by atoms with Crippen molar-refractivity contribution in [3.05, 3.63) is 99.1 Å². The topological polar surface area (TPSA) is 66.0 Å². The lowest BCUT2D eigenvalue weighted by Gasteiger charge is -2.42. The monoisotopic (exact) mass is 430 g/mol. The first-order chi connectivity index (χ1) is 15.8. The zero-order chi connectivity index (χ0) is 23.1. The highest BCUT2D eigenvalue weighted by molar-refractivity contribution is 6.63. The van der Waals surface area contributed by atoms with Gasteiger partial charge in [-0.05, 0) is 79.3 Å². The molecule has 33 heavy (non-hydrogen) atoms. The van der Waals surface area contributed by atoms with Gasteiger partial charge in [0.25, 0.3) is 0 Å². The van der Waals surface area contributed by atoms with E-state index in [1.165, 1.54) is 27.8 Å². The largest absolute Gasteiger partial charge is 0.496 e. The molecule has 1 aliphatic heterocycles. The molecule has 2 atom stereocenters. The molecule has 4 nitrogen and oxygen atoms in total. The summed E-state index contributed by atoms with van der Waals surface area (Å²) in [5.41, 5.74) is 8.33. The molecule has 0 radical (unpaired) electrons. The molecule has 4 aliphatic rings. The van der Waals surface area contributed by atoms with Gasteiger partial charge >= 0.3 is 7.12 Å². The zero-order valence-electron chi connectivity index (χ0n) is 19.1. The Morgan fingerprint density at radius 2 is 1.24 bits per heavy atom. The van der Waals surface area contributed by atoms with Crippen molar-refractivity contribution in [3.63, 3.8) is 0 Å². The summed E-state index contributed by atoms with van der Waals surface area (Å²) in [5, 5.41) is 19.6. The molecule has 0 saturated carbocycles. The highest BCUT2D eigenvalue weighted by Gasteiger charge is 2.53. The van der Waals surface area contributed by atoms with Crippen molar-refractivity contribution in [2.75, 3.05) is 0 Å². The van der Waals surface area contributed by atoms with E-state index in [1.807, 2.05) is 45.9 Å². The van der Waals surface area contributed by atoms with E-state index in [0.29, 0.717) is 11.1 Å². The van der Waals surface area contributed by atoms with E-state index in [0.717, 1.165) is 11.0 Å². The first-order valence-electron chi connectivity index (χ1n) is 11.3. The molecule has 0 spiro atoms. The van der Waals surface area contributed by atoms with Gasteiger partial charge in [0.05, 0.1) is 34.5 Å². The van der Waals surface area contributed by atoms with Crippen molar-refractivity contribution >= 4 is 12.6 Å². The normalized spacial score (nSPS) is 22.7. The van der Waals surface area contributed by atoms with Gasteiger partial charge in [-0.25, -0.2) is 0 Å². The van der Waals surface area contributed by atoms with Crippen molar-refractivity contribution in [1.82, 2.24) is 0 Å². The van der Waals surface area contributed by atoms with Crippen LogP contribution in [0.2, 0.25) is 0 Å². The van der Waals surface area contributed by atoms with E-state index in [4.69, 9.17) is 9.31 Å². The van der Waals surface area contributed by atoms with Gasteiger partial charge in [-0.15, -0.1) is 0 Å². The number of nitriles is 2. The fourth-order valence-corrected chi connectivity index (χ4v) is 5.61. The van der Waals surface area contributed by atoms with Crippen LogP contribution in [0.5, 0.6) is 0 Å². The highest BCUT2D eigenvalue weighted by atomic mass is 16.7. The number of hydrogen-bond acceptors (Lipinski definition) is 4. The fourth-order valence-electron chi connectivity index (χ4n) is 5.61.